The molecule has 0 fully saturated rings. The van der Waals surface area contributed by atoms with Gasteiger partial charge in [-0.15, -0.1) is 0 Å². The third-order valence-corrected chi connectivity index (χ3v) is 3.30. The highest BCUT2D eigenvalue weighted by Crippen LogP contribution is 2.27. The second-order valence-corrected chi connectivity index (χ2v) is 4.58. The van der Waals surface area contributed by atoms with Crippen molar-refractivity contribution in [1.29, 1.82) is 0 Å². The van der Waals surface area contributed by atoms with Crippen molar-refractivity contribution in [3.8, 4) is 0 Å². The fourth-order valence-electron chi connectivity index (χ4n) is 2.04. The van der Waals surface area contributed by atoms with Gasteiger partial charge in [0.1, 0.15) is 0 Å². The first kappa shape index (κ1) is 11.9. The monoisotopic (exact) mass is 276 g/mol. The lowest BCUT2D eigenvalue weighted by molar-refractivity contribution is -0.148. The average Bonchev–Trinajstić information content (AvgIpc) is 2.89. The largest absolute Gasteiger partial charge is 0.478 e. The van der Waals surface area contributed by atoms with Crippen molar-refractivity contribution in [3.05, 3.63) is 41.0 Å². The third kappa shape index (κ3) is 2.02. The van der Waals surface area contributed by atoms with Crippen LogP contribution in [0.1, 0.15) is 12.0 Å². The molecule has 6 heteroatoms. The Morgan fingerprint density at radius 1 is 1.42 bits per heavy atom. The lowest BCUT2D eigenvalue weighted by atomic mass is 10.0. The van der Waals surface area contributed by atoms with Crippen molar-refractivity contribution in [2.75, 3.05) is 0 Å². The number of carbonyl (C=O) groups is 1. The summed E-state index contributed by atoms with van der Waals surface area (Å²) >= 11 is 6.11. The average molecular weight is 277 g/mol. The minimum absolute atomic E-state index is 0.225. The number of nitrogens with zero attached hydrogens (tertiary/aromatic N) is 2. The molecule has 0 bridgehead atoms. The molecule has 1 unspecified atom stereocenters. The van der Waals surface area contributed by atoms with Gasteiger partial charge in [-0.2, -0.15) is 0 Å². The number of aromatic nitrogens is 1. The molecule has 0 amide bonds. The Morgan fingerprint density at radius 3 is 3.00 bits per heavy atom. The van der Waals surface area contributed by atoms with Gasteiger partial charge in [-0.3, -0.25) is 4.98 Å². The highest BCUT2D eigenvalue weighted by molar-refractivity contribution is 6.36. The number of carboxylic acid groups (broad SMARTS) is 1. The fourth-order valence-corrected chi connectivity index (χ4v) is 2.26. The van der Waals surface area contributed by atoms with Crippen LogP contribution in [0.4, 0.5) is 0 Å². The van der Waals surface area contributed by atoms with Gasteiger partial charge in [-0.25, -0.2) is 4.79 Å². The van der Waals surface area contributed by atoms with Crippen LogP contribution in [0, 0.1) is 0 Å². The topological polar surface area (TPSA) is 71.8 Å². The highest BCUT2D eigenvalue weighted by atomic mass is 35.5. The van der Waals surface area contributed by atoms with Gasteiger partial charge in [0.15, 0.2) is 0 Å². The first-order valence-corrected chi connectivity index (χ1v) is 6.03. The number of carboxylic acids is 1. The SMILES string of the molecule is O=C(O)C1CC(c2ccc(Cl)c3cccnc23)=NO1. The maximum absolute atomic E-state index is 10.9. The molecule has 0 aliphatic carbocycles. The van der Waals surface area contributed by atoms with Crippen molar-refractivity contribution in [2.24, 2.45) is 5.16 Å². The van der Waals surface area contributed by atoms with Gasteiger partial charge >= 0.3 is 5.97 Å². The van der Waals surface area contributed by atoms with Crippen LogP contribution in [0.5, 0.6) is 0 Å². The predicted octanol–water partition coefficient (Wildman–Crippen LogP) is 2.47. The molecule has 0 saturated carbocycles. The van der Waals surface area contributed by atoms with Crippen LogP contribution in [0.15, 0.2) is 35.6 Å². The maximum atomic E-state index is 10.9. The molecule has 1 N–H and O–H groups in total. The number of oxime groups is 1. The molecule has 1 aromatic carbocycles. The molecule has 0 saturated heterocycles. The van der Waals surface area contributed by atoms with Crippen LogP contribution in [0.3, 0.4) is 0 Å². The molecule has 1 aliphatic heterocycles. The van der Waals surface area contributed by atoms with E-state index in [4.69, 9.17) is 21.5 Å². The standard InChI is InChI=1S/C13H9ClN2O3/c14-9-4-3-8(12-7(9)2-1-5-15-12)10-6-11(13(17)18)19-16-10/h1-5,11H,6H2,(H,17,18). The highest BCUT2D eigenvalue weighted by Gasteiger charge is 2.29. The molecule has 1 atom stereocenters. The number of halogens is 1. The minimum atomic E-state index is -1.02. The number of rotatable bonds is 2. The van der Waals surface area contributed by atoms with E-state index < -0.39 is 12.1 Å². The van der Waals surface area contributed by atoms with Gasteiger partial charge in [-0.05, 0) is 24.3 Å². The van der Waals surface area contributed by atoms with Crippen molar-refractivity contribution in [2.45, 2.75) is 12.5 Å². The van der Waals surface area contributed by atoms with Gasteiger partial charge in [0, 0.05) is 23.6 Å². The quantitative estimate of drug-likeness (QED) is 0.914. The second-order valence-electron chi connectivity index (χ2n) is 4.17. The fraction of sp³-hybridized carbons (Fsp3) is 0.154. The molecule has 1 aliphatic rings. The molecule has 5 nitrogen and oxygen atoms in total. The Balaban J connectivity index is 2.08. The van der Waals surface area contributed by atoms with E-state index >= 15 is 0 Å². The van der Waals surface area contributed by atoms with Crippen molar-refractivity contribution in [1.82, 2.24) is 4.98 Å². The van der Waals surface area contributed by atoms with E-state index in [9.17, 15) is 4.79 Å². The van der Waals surface area contributed by atoms with Crippen LogP contribution in [-0.4, -0.2) is 27.9 Å². The molecule has 2 heterocycles. The van der Waals surface area contributed by atoms with Crippen LogP contribution >= 0.6 is 11.6 Å². The van der Waals surface area contributed by atoms with Crippen LogP contribution < -0.4 is 0 Å². The van der Waals surface area contributed by atoms with E-state index in [1.807, 2.05) is 6.07 Å². The molecule has 0 spiro atoms. The summed E-state index contributed by atoms with van der Waals surface area (Å²) in [5, 5.41) is 14.1. The van der Waals surface area contributed by atoms with E-state index in [1.165, 1.54) is 0 Å². The molecular formula is C13H9ClN2O3. The van der Waals surface area contributed by atoms with Crippen molar-refractivity contribution < 1.29 is 14.7 Å². The number of hydrogen-bond donors (Lipinski definition) is 1. The van der Waals surface area contributed by atoms with E-state index in [1.54, 1.807) is 24.4 Å². The van der Waals surface area contributed by atoms with Crippen LogP contribution in [-0.2, 0) is 9.63 Å². The second kappa shape index (κ2) is 4.51. The Morgan fingerprint density at radius 2 is 2.26 bits per heavy atom. The summed E-state index contributed by atoms with van der Waals surface area (Å²) in [5.41, 5.74) is 2.03. The smallest absolute Gasteiger partial charge is 0.348 e. The number of benzene rings is 1. The number of fused-ring (bicyclic) bond motifs is 1. The Labute approximate surface area is 113 Å². The maximum Gasteiger partial charge on any atom is 0.348 e. The Bertz CT molecular complexity index is 699. The lowest BCUT2D eigenvalue weighted by Gasteiger charge is -2.05. The Kier molecular flexibility index (Phi) is 2.83. The summed E-state index contributed by atoms with van der Waals surface area (Å²) in [6.07, 6.45) is 0.958. The number of pyridine rings is 1. The van der Waals surface area contributed by atoms with Crippen molar-refractivity contribution in [3.63, 3.8) is 0 Å². The Hall–Kier alpha value is -2.14. The molecule has 2 aromatic rings. The first-order valence-electron chi connectivity index (χ1n) is 5.66. The molecule has 3 rings (SSSR count). The molecular weight excluding hydrogens is 268 g/mol. The van der Waals surface area contributed by atoms with E-state index in [0.717, 1.165) is 10.9 Å². The number of aliphatic carboxylic acids is 1. The van der Waals surface area contributed by atoms with Gasteiger partial charge in [0.2, 0.25) is 6.10 Å². The molecule has 19 heavy (non-hydrogen) atoms. The summed E-state index contributed by atoms with van der Waals surface area (Å²) in [6.45, 7) is 0. The molecule has 1 aromatic heterocycles. The zero-order valence-corrected chi connectivity index (χ0v) is 10.5. The summed E-state index contributed by atoms with van der Waals surface area (Å²) in [7, 11) is 0. The third-order valence-electron chi connectivity index (χ3n) is 2.97. The first-order chi connectivity index (χ1) is 9.16. The summed E-state index contributed by atoms with van der Waals surface area (Å²) in [4.78, 5) is 20.0. The number of hydrogen-bond acceptors (Lipinski definition) is 4. The predicted molar refractivity (Wildman–Crippen MR) is 70.4 cm³/mol. The molecule has 96 valence electrons. The minimum Gasteiger partial charge on any atom is -0.478 e. The zero-order valence-electron chi connectivity index (χ0n) is 9.71. The van der Waals surface area contributed by atoms with Crippen LogP contribution in [0.25, 0.3) is 10.9 Å². The normalized spacial score (nSPS) is 18.2. The van der Waals surface area contributed by atoms with Crippen molar-refractivity contribution >= 4 is 34.2 Å². The lowest BCUT2D eigenvalue weighted by Crippen LogP contribution is -2.20. The molecule has 0 radical (unpaired) electrons. The van der Waals surface area contributed by atoms with Gasteiger partial charge < -0.3 is 9.94 Å². The van der Waals surface area contributed by atoms with Gasteiger partial charge in [0.05, 0.1) is 16.3 Å². The summed E-state index contributed by atoms with van der Waals surface area (Å²) < 4.78 is 0. The summed E-state index contributed by atoms with van der Waals surface area (Å²) in [6, 6.07) is 7.19. The van der Waals surface area contributed by atoms with E-state index in [0.29, 0.717) is 16.3 Å². The summed E-state index contributed by atoms with van der Waals surface area (Å²) in [5.74, 6) is -1.02. The van der Waals surface area contributed by atoms with Gasteiger partial charge in [0.25, 0.3) is 0 Å². The van der Waals surface area contributed by atoms with Crippen LogP contribution in [0.2, 0.25) is 5.02 Å². The van der Waals surface area contributed by atoms with Gasteiger partial charge in [-0.1, -0.05) is 16.8 Å². The van der Waals surface area contributed by atoms with E-state index in [2.05, 4.69) is 10.1 Å². The zero-order chi connectivity index (χ0) is 13.4. The van der Waals surface area contributed by atoms with E-state index in [-0.39, 0.29) is 6.42 Å².